The van der Waals surface area contributed by atoms with Gasteiger partial charge in [0.15, 0.2) is 0 Å². The maximum absolute atomic E-state index is 12.6. The summed E-state index contributed by atoms with van der Waals surface area (Å²) in [5, 5.41) is 13.7. The molecule has 1 aromatic carbocycles. The van der Waals surface area contributed by atoms with E-state index in [4.69, 9.17) is 9.47 Å². The highest BCUT2D eigenvalue weighted by atomic mass is 16.5. The third kappa shape index (κ3) is 4.36. The molecule has 0 saturated carbocycles. The van der Waals surface area contributed by atoms with Crippen LogP contribution in [0.2, 0.25) is 0 Å². The molecule has 0 atom stereocenters. The summed E-state index contributed by atoms with van der Waals surface area (Å²) < 4.78 is 14.2. The van der Waals surface area contributed by atoms with Crippen molar-refractivity contribution < 1.29 is 14.3 Å². The van der Waals surface area contributed by atoms with Gasteiger partial charge in [0.25, 0.3) is 5.56 Å². The van der Waals surface area contributed by atoms with E-state index in [0.29, 0.717) is 11.3 Å². The lowest BCUT2D eigenvalue weighted by atomic mass is 10.1. The quantitative estimate of drug-likeness (QED) is 0.545. The van der Waals surface area contributed by atoms with Crippen LogP contribution < -0.4 is 10.3 Å². The van der Waals surface area contributed by atoms with Gasteiger partial charge < -0.3 is 14.0 Å². The van der Waals surface area contributed by atoms with Crippen LogP contribution in [0.5, 0.6) is 5.88 Å². The molecule has 0 fully saturated rings. The molecular formula is C23H24N4O4. The molecule has 0 unspecified atom stereocenters. The first kappa shape index (κ1) is 21.8. The van der Waals surface area contributed by atoms with Gasteiger partial charge in [0.05, 0.1) is 24.5 Å². The van der Waals surface area contributed by atoms with Gasteiger partial charge in [0.1, 0.15) is 23.8 Å². The molecule has 8 heteroatoms. The van der Waals surface area contributed by atoms with E-state index in [1.165, 1.54) is 4.57 Å². The van der Waals surface area contributed by atoms with E-state index in [0.717, 1.165) is 11.4 Å². The zero-order chi connectivity index (χ0) is 22.5. The molecule has 2 heterocycles. The van der Waals surface area contributed by atoms with Crippen LogP contribution in [-0.4, -0.2) is 33.5 Å². The predicted molar refractivity (Wildman–Crippen MR) is 115 cm³/mol. The van der Waals surface area contributed by atoms with Crippen molar-refractivity contribution >= 4 is 5.97 Å². The number of para-hydroxylation sites is 1. The Morgan fingerprint density at radius 1 is 1.19 bits per heavy atom. The summed E-state index contributed by atoms with van der Waals surface area (Å²) in [5.41, 5.74) is 2.58. The minimum absolute atomic E-state index is 0.0963. The summed E-state index contributed by atoms with van der Waals surface area (Å²) in [4.78, 5) is 25.2. The molecule has 0 aliphatic carbocycles. The van der Waals surface area contributed by atoms with Crippen LogP contribution in [0.3, 0.4) is 0 Å². The summed E-state index contributed by atoms with van der Waals surface area (Å²) in [7, 11) is 0. The number of carbonyl (C=O) groups is 1. The van der Waals surface area contributed by atoms with Crippen molar-refractivity contribution in [2.24, 2.45) is 0 Å². The number of rotatable bonds is 7. The zero-order valence-corrected chi connectivity index (χ0v) is 18.0. The Hall–Kier alpha value is -3.86. The summed E-state index contributed by atoms with van der Waals surface area (Å²) in [6.07, 6.45) is 0. The smallest absolute Gasteiger partial charge is 0.345 e. The fraction of sp³-hybridized carbons (Fsp3) is 0.304. The number of ether oxygens (including phenoxy) is 2. The monoisotopic (exact) mass is 420 g/mol. The Morgan fingerprint density at radius 3 is 2.55 bits per heavy atom. The molecule has 160 valence electrons. The number of hydrogen-bond donors (Lipinski definition) is 0. The number of nitrogens with zero attached hydrogens (tertiary/aromatic N) is 4. The summed E-state index contributed by atoms with van der Waals surface area (Å²) in [6, 6.07) is 13.1. The second-order valence-electron chi connectivity index (χ2n) is 6.99. The van der Waals surface area contributed by atoms with Crippen LogP contribution in [0, 0.1) is 32.1 Å². The van der Waals surface area contributed by atoms with E-state index >= 15 is 0 Å². The van der Waals surface area contributed by atoms with E-state index < -0.39 is 5.97 Å². The van der Waals surface area contributed by atoms with Crippen LogP contribution in [-0.2, 0) is 11.3 Å². The lowest BCUT2D eigenvalue weighted by Crippen LogP contribution is -2.28. The molecule has 0 spiro atoms. The molecule has 3 rings (SSSR count). The van der Waals surface area contributed by atoms with E-state index in [1.54, 1.807) is 38.4 Å². The van der Waals surface area contributed by atoms with Crippen LogP contribution in [0.4, 0.5) is 0 Å². The molecule has 0 radical (unpaired) electrons. The highest BCUT2D eigenvalue weighted by Gasteiger charge is 2.25. The van der Waals surface area contributed by atoms with Gasteiger partial charge in [-0.2, -0.15) is 10.4 Å². The molecule has 0 aliphatic heterocycles. The summed E-state index contributed by atoms with van der Waals surface area (Å²) in [5.74, 6) is -0.270. The fourth-order valence-corrected chi connectivity index (χ4v) is 3.40. The summed E-state index contributed by atoms with van der Waals surface area (Å²) in [6.45, 7) is 7.52. The Labute approximate surface area is 180 Å². The van der Waals surface area contributed by atoms with Gasteiger partial charge in [0.2, 0.25) is 5.88 Å². The number of aromatic nitrogens is 3. The number of nitriles is 1. The van der Waals surface area contributed by atoms with Crippen molar-refractivity contribution in [1.82, 2.24) is 14.3 Å². The number of hydrogen-bond acceptors (Lipinski definition) is 6. The van der Waals surface area contributed by atoms with Crippen molar-refractivity contribution in [3.63, 3.8) is 0 Å². The van der Waals surface area contributed by atoms with Crippen molar-refractivity contribution in [2.45, 2.75) is 34.2 Å². The van der Waals surface area contributed by atoms with Gasteiger partial charge >= 0.3 is 5.97 Å². The molecular weight excluding hydrogens is 396 g/mol. The second-order valence-corrected chi connectivity index (χ2v) is 6.99. The number of carbonyl (C=O) groups excluding carboxylic acids is 1. The highest BCUT2D eigenvalue weighted by Crippen LogP contribution is 2.27. The number of esters is 1. The Morgan fingerprint density at radius 2 is 1.90 bits per heavy atom. The lowest BCUT2D eigenvalue weighted by molar-refractivity contribution is 0.0520. The minimum Gasteiger partial charge on any atom is -0.475 e. The van der Waals surface area contributed by atoms with E-state index in [9.17, 15) is 14.9 Å². The van der Waals surface area contributed by atoms with Gasteiger partial charge in [0, 0.05) is 5.69 Å². The zero-order valence-electron chi connectivity index (χ0n) is 18.0. The number of aryl methyl sites for hydroxylation is 3. The molecule has 31 heavy (non-hydrogen) atoms. The van der Waals surface area contributed by atoms with Gasteiger partial charge in [-0.3, -0.25) is 4.79 Å². The molecule has 2 aromatic heterocycles. The number of pyridine rings is 1. The molecule has 0 aliphatic rings. The minimum atomic E-state index is -0.521. The van der Waals surface area contributed by atoms with Crippen LogP contribution in [0.15, 0.2) is 41.2 Å². The topological polar surface area (TPSA) is 99.1 Å². The Bertz CT molecular complexity index is 1200. The standard InChI is InChI=1S/C23H24N4O4/c1-5-30-23(29)20-17(4)25-27(18-9-7-6-8-10-18)22(20)31-12-11-26-16(3)13-15(2)19(14-24)21(26)28/h6-10,13H,5,11-12H2,1-4H3. The lowest BCUT2D eigenvalue weighted by Gasteiger charge is -2.14. The largest absolute Gasteiger partial charge is 0.475 e. The molecule has 0 amide bonds. The average molecular weight is 420 g/mol. The maximum atomic E-state index is 12.6. The van der Waals surface area contributed by atoms with E-state index in [-0.39, 0.29) is 42.3 Å². The number of benzene rings is 1. The third-order valence-corrected chi connectivity index (χ3v) is 4.87. The van der Waals surface area contributed by atoms with Crippen LogP contribution in [0.1, 0.15) is 39.8 Å². The van der Waals surface area contributed by atoms with Crippen LogP contribution >= 0.6 is 0 Å². The first-order chi connectivity index (χ1) is 14.9. The summed E-state index contributed by atoms with van der Waals surface area (Å²) >= 11 is 0. The normalized spacial score (nSPS) is 10.5. The fourth-order valence-electron chi connectivity index (χ4n) is 3.40. The molecule has 8 nitrogen and oxygen atoms in total. The Kier molecular flexibility index (Phi) is 6.55. The SMILES string of the molecule is CCOC(=O)c1c(C)nn(-c2ccccc2)c1OCCn1c(C)cc(C)c(C#N)c1=O. The van der Waals surface area contributed by atoms with Crippen molar-refractivity contribution in [1.29, 1.82) is 5.26 Å². The molecule has 0 bridgehead atoms. The first-order valence-corrected chi connectivity index (χ1v) is 9.95. The van der Waals surface area contributed by atoms with E-state index in [1.807, 2.05) is 36.4 Å². The molecule has 3 aromatic rings. The third-order valence-electron chi connectivity index (χ3n) is 4.87. The Balaban J connectivity index is 1.95. The van der Waals surface area contributed by atoms with E-state index in [2.05, 4.69) is 5.10 Å². The van der Waals surface area contributed by atoms with Crippen molar-refractivity contribution in [3.05, 3.63) is 74.8 Å². The first-order valence-electron chi connectivity index (χ1n) is 9.95. The van der Waals surface area contributed by atoms with Gasteiger partial charge in [-0.05, 0) is 51.5 Å². The molecule has 0 saturated heterocycles. The van der Waals surface area contributed by atoms with Gasteiger partial charge in [-0.1, -0.05) is 18.2 Å². The van der Waals surface area contributed by atoms with Crippen molar-refractivity contribution in [3.8, 4) is 17.6 Å². The second kappa shape index (κ2) is 9.30. The van der Waals surface area contributed by atoms with Crippen LogP contribution in [0.25, 0.3) is 5.69 Å². The van der Waals surface area contributed by atoms with Gasteiger partial charge in [-0.15, -0.1) is 0 Å². The van der Waals surface area contributed by atoms with Crippen molar-refractivity contribution in [2.75, 3.05) is 13.2 Å². The predicted octanol–water partition coefficient (Wildman–Crippen LogP) is 3.09. The van der Waals surface area contributed by atoms with Gasteiger partial charge in [-0.25, -0.2) is 9.48 Å². The highest BCUT2D eigenvalue weighted by molar-refractivity contribution is 5.93. The molecule has 0 N–H and O–H groups in total. The maximum Gasteiger partial charge on any atom is 0.345 e. The average Bonchev–Trinajstić information content (AvgIpc) is 3.07.